The highest BCUT2D eigenvalue weighted by Gasteiger charge is 2.26. The number of aromatic nitrogens is 1. The van der Waals surface area contributed by atoms with Crippen molar-refractivity contribution < 1.29 is 16.8 Å². The van der Waals surface area contributed by atoms with Gasteiger partial charge in [-0.25, -0.2) is 25.1 Å². The molecule has 0 bridgehead atoms. The van der Waals surface area contributed by atoms with E-state index in [2.05, 4.69) is 0 Å². The predicted molar refractivity (Wildman–Crippen MR) is 131 cm³/mol. The number of benzene rings is 2. The van der Waals surface area contributed by atoms with Gasteiger partial charge in [0.2, 0.25) is 10.0 Å². The summed E-state index contributed by atoms with van der Waals surface area (Å²) < 4.78 is 55.4. The Morgan fingerprint density at radius 1 is 0.939 bits per heavy atom. The van der Waals surface area contributed by atoms with Crippen molar-refractivity contribution >= 4 is 30.9 Å². The minimum absolute atomic E-state index is 0.0774. The van der Waals surface area contributed by atoms with Gasteiger partial charge in [-0.15, -0.1) is 0 Å². The van der Waals surface area contributed by atoms with Gasteiger partial charge in [-0.1, -0.05) is 23.8 Å². The van der Waals surface area contributed by atoms with Gasteiger partial charge in [0.1, 0.15) is 0 Å². The van der Waals surface area contributed by atoms with Crippen LogP contribution in [0.3, 0.4) is 0 Å². The van der Waals surface area contributed by atoms with Gasteiger partial charge in [0, 0.05) is 31.2 Å². The van der Waals surface area contributed by atoms with Gasteiger partial charge in [0.15, 0.2) is 0 Å². The Labute approximate surface area is 196 Å². The van der Waals surface area contributed by atoms with Gasteiger partial charge in [0.05, 0.1) is 16.2 Å². The molecule has 0 aliphatic carbocycles. The van der Waals surface area contributed by atoms with Crippen LogP contribution in [0.5, 0.6) is 0 Å². The lowest BCUT2D eigenvalue weighted by molar-refractivity contribution is 0.414. The van der Waals surface area contributed by atoms with Gasteiger partial charge in [-0.2, -0.15) is 0 Å². The lowest BCUT2D eigenvalue weighted by Crippen LogP contribution is -2.29. The van der Waals surface area contributed by atoms with Gasteiger partial charge < -0.3 is 4.90 Å². The van der Waals surface area contributed by atoms with Crippen molar-refractivity contribution in [2.75, 3.05) is 33.7 Å². The molecule has 3 aromatic rings. The van der Waals surface area contributed by atoms with Gasteiger partial charge in [0.25, 0.3) is 10.0 Å². The van der Waals surface area contributed by atoms with Crippen LogP contribution in [0, 0.1) is 6.92 Å². The van der Waals surface area contributed by atoms with E-state index in [-0.39, 0.29) is 10.6 Å². The number of hydrogen-bond donors (Lipinski definition) is 0. The van der Waals surface area contributed by atoms with E-state index in [0.29, 0.717) is 30.6 Å². The zero-order valence-electron chi connectivity index (χ0n) is 19.4. The maximum atomic E-state index is 13.4. The van der Waals surface area contributed by atoms with Crippen LogP contribution in [0.15, 0.2) is 53.6 Å². The monoisotopic (exact) mass is 489 g/mol. The van der Waals surface area contributed by atoms with Gasteiger partial charge >= 0.3 is 0 Å². The summed E-state index contributed by atoms with van der Waals surface area (Å²) >= 11 is 0. The van der Waals surface area contributed by atoms with E-state index >= 15 is 0 Å². The zero-order valence-corrected chi connectivity index (χ0v) is 21.0. The molecule has 0 spiro atoms. The molecular formula is C24H31N3O4S2. The third-order valence-electron chi connectivity index (χ3n) is 6.13. The van der Waals surface area contributed by atoms with E-state index < -0.39 is 20.0 Å². The molecule has 0 N–H and O–H groups in total. The Morgan fingerprint density at radius 2 is 1.61 bits per heavy atom. The third-order valence-corrected chi connectivity index (χ3v) is 9.67. The van der Waals surface area contributed by atoms with E-state index in [0.717, 1.165) is 35.9 Å². The highest BCUT2D eigenvalue weighted by molar-refractivity contribution is 7.90. The van der Waals surface area contributed by atoms with Crippen molar-refractivity contribution in [3.63, 3.8) is 0 Å². The smallest absolute Gasteiger partial charge is 0.268 e. The Balaban J connectivity index is 1.78. The van der Waals surface area contributed by atoms with E-state index in [1.807, 2.05) is 32.0 Å². The predicted octanol–water partition coefficient (Wildman–Crippen LogP) is 3.22. The van der Waals surface area contributed by atoms with Crippen LogP contribution in [0.2, 0.25) is 0 Å². The summed E-state index contributed by atoms with van der Waals surface area (Å²) in [6.45, 7) is 3.81. The van der Waals surface area contributed by atoms with Crippen LogP contribution < -0.4 is 0 Å². The van der Waals surface area contributed by atoms with Crippen LogP contribution in [0.1, 0.15) is 29.5 Å². The summed E-state index contributed by atoms with van der Waals surface area (Å²) in [5, 5.41) is 0.779. The van der Waals surface area contributed by atoms with Crippen LogP contribution >= 0.6 is 0 Å². The summed E-state index contributed by atoms with van der Waals surface area (Å²) in [6.07, 6.45) is 4.13. The standard InChI is InChI=1S/C24H31N3O4S2/c1-19-6-9-22(10-7-19)33(30,31)27-17-21(12-15-25(2)3)23-16-20(8-11-24(23)27)18-32(28,29)26-13-4-5-14-26/h6-11,16-17H,4-5,12-15,18H2,1-3H3. The third kappa shape index (κ3) is 5.01. The first kappa shape index (κ1) is 23.9. The molecule has 4 rings (SSSR count). The second-order valence-electron chi connectivity index (χ2n) is 9.04. The van der Waals surface area contributed by atoms with Gasteiger partial charge in [-0.3, -0.25) is 0 Å². The highest BCUT2D eigenvalue weighted by atomic mass is 32.2. The molecule has 2 aromatic carbocycles. The lowest BCUT2D eigenvalue weighted by Gasteiger charge is -2.15. The first-order chi connectivity index (χ1) is 15.6. The number of likely N-dealkylation sites (N-methyl/N-ethyl adjacent to an activating group) is 1. The fourth-order valence-electron chi connectivity index (χ4n) is 4.24. The molecule has 33 heavy (non-hydrogen) atoms. The first-order valence-electron chi connectivity index (χ1n) is 11.2. The molecule has 0 saturated carbocycles. The molecule has 1 aliphatic rings. The summed E-state index contributed by atoms with van der Waals surface area (Å²) in [7, 11) is -3.24. The number of rotatable bonds is 8. The molecule has 0 radical (unpaired) electrons. The topological polar surface area (TPSA) is 79.7 Å². The maximum Gasteiger partial charge on any atom is 0.268 e. The van der Waals surface area contributed by atoms with E-state index in [1.54, 1.807) is 46.9 Å². The van der Waals surface area contributed by atoms with Crippen LogP contribution in [-0.4, -0.2) is 63.7 Å². The molecule has 1 fully saturated rings. The fourth-order valence-corrected chi connectivity index (χ4v) is 7.23. The molecule has 2 heterocycles. The summed E-state index contributed by atoms with van der Waals surface area (Å²) in [5.41, 5.74) is 3.11. The number of nitrogens with zero attached hydrogens (tertiary/aromatic N) is 3. The average molecular weight is 490 g/mol. The second-order valence-corrected chi connectivity index (χ2v) is 12.8. The fraction of sp³-hybridized carbons (Fsp3) is 0.417. The molecule has 1 aromatic heterocycles. The second kappa shape index (κ2) is 9.21. The largest absolute Gasteiger partial charge is 0.309 e. The van der Waals surface area contributed by atoms with E-state index in [1.165, 1.54) is 3.97 Å². The molecular weight excluding hydrogens is 458 g/mol. The van der Waals surface area contributed by atoms with Crippen molar-refractivity contribution in [3.05, 3.63) is 65.4 Å². The molecule has 1 aliphatic heterocycles. The number of sulfonamides is 1. The van der Waals surface area contributed by atoms with Crippen molar-refractivity contribution in [3.8, 4) is 0 Å². The average Bonchev–Trinajstić information content (AvgIpc) is 3.41. The highest BCUT2D eigenvalue weighted by Crippen LogP contribution is 2.29. The zero-order chi connectivity index (χ0) is 23.8. The van der Waals surface area contributed by atoms with Crippen molar-refractivity contribution in [1.29, 1.82) is 0 Å². The Hall–Kier alpha value is -2.20. The number of fused-ring (bicyclic) bond motifs is 1. The molecule has 0 atom stereocenters. The molecule has 7 nitrogen and oxygen atoms in total. The van der Waals surface area contributed by atoms with Crippen molar-refractivity contribution in [2.45, 2.75) is 36.8 Å². The van der Waals surface area contributed by atoms with E-state index in [9.17, 15) is 16.8 Å². The minimum atomic E-state index is -3.78. The molecule has 1 saturated heterocycles. The lowest BCUT2D eigenvalue weighted by atomic mass is 10.1. The Kier molecular flexibility index (Phi) is 6.68. The summed E-state index contributed by atoms with van der Waals surface area (Å²) in [5.74, 6) is -0.0774. The van der Waals surface area contributed by atoms with E-state index in [4.69, 9.17) is 0 Å². The normalized spacial score (nSPS) is 15.6. The molecule has 178 valence electrons. The Bertz CT molecular complexity index is 1350. The number of hydrogen-bond acceptors (Lipinski definition) is 5. The maximum absolute atomic E-state index is 13.4. The Morgan fingerprint density at radius 3 is 2.24 bits per heavy atom. The molecule has 9 heteroatoms. The summed E-state index contributed by atoms with van der Waals surface area (Å²) in [6, 6.07) is 12.1. The van der Waals surface area contributed by atoms with Crippen molar-refractivity contribution in [2.24, 2.45) is 0 Å². The van der Waals surface area contributed by atoms with Crippen molar-refractivity contribution in [1.82, 2.24) is 13.2 Å². The first-order valence-corrected chi connectivity index (χ1v) is 14.2. The van der Waals surface area contributed by atoms with Crippen LogP contribution in [-0.2, 0) is 32.2 Å². The van der Waals surface area contributed by atoms with Gasteiger partial charge in [-0.05, 0) is 75.7 Å². The van der Waals surface area contributed by atoms with Crippen LogP contribution in [0.25, 0.3) is 10.9 Å². The molecule has 0 unspecified atom stereocenters. The SMILES string of the molecule is Cc1ccc(S(=O)(=O)n2cc(CCN(C)C)c3cc(CS(=O)(=O)N4CCCC4)ccc32)cc1. The summed E-state index contributed by atoms with van der Waals surface area (Å²) in [4.78, 5) is 2.27. The minimum Gasteiger partial charge on any atom is -0.309 e. The molecule has 0 amide bonds. The van der Waals surface area contributed by atoms with Crippen LogP contribution in [0.4, 0.5) is 0 Å². The quantitative estimate of drug-likeness (QED) is 0.485. The number of aryl methyl sites for hydroxylation is 1.